The van der Waals surface area contributed by atoms with Crippen LogP contribution in [0.4, 0.5) is 0 Å². The van der Waals surface area contributed by atoms with E-state index in [2.05, 4.69) is 10.6 Å². The van der Waals surface area contributed by atoms with Crippen LogP contribution >= 0.6 is 0 Å². The average Bonchev–Trinajstić information content (AvgIpc) is 2.27. The molecule has 6 heteroatoms. The number of carboxylic acid groups (broad SMARTS) is 1. The third-order valence-electron chi connectivity index (χ3n) is 2.62. The highest BCUT2D eigenvalue weighted by atomic mass is 16.4. The number of amides is 1. The molecule has 0 radical (unpaired) electrons. The molecule has 0 aliphatic carbocycles. The molecular formula is C10H19N3O3. The Morgan fingerprint density at radius 2 is 2.06 bits per heavy atom. The van der Waals surface area contributed by atoms with Gasteiger partial charge in [0.2, 0.25) is 5.91 Å². The molecule has 0 aromatic heterocycles. The summed E-state index contributed by atoms with van der Waals surface area (Å²) in [4.78, 5) is 24.3. The SMILES string of the molecule is CCC(NC(=O)CN1CCNCC1)C(=O)O. The number of hydrogen-bond donors (Lipinski definition) is 3. The van der Waals surface area contributed by atoms with Gasteiger partial charge >= 0.3 is 5.97 Å². The molecule has 0 bridgehead atoms. The van der Waals surface area contributed by atoms with Gasteiger partial charge in [0.25, 0.3) is 0 Å². The zero-order valence-corrected chi connectivity index (χ0v) is 9.53. The highest BCUT2D eigenvalue weighted by Crippen LogP contribution is 1.94. The summed E-state index contributed by atoms with van der Waals surface area (Å²) >= 11 is 0. The van der Waals surface area contributed by atoms with Gasteiger partial charge < -0.3 is 15.7 Å². The molecule has 1 saturated heterocycles. The van der Waals surface area contributed by atoms with Crippen LogP contribution in [0.5, 0.6) is 0 Å². The quantitative estimate of drug-likeness (QED) is 0.556. The second kappa shape index (κ2) is 6.44. The molecule has 3 N–H and O–H groups in total. The minimum atomic E-state index is -0.976. The summed E-state index contributed by atoms with van der Waals surface area (Å²) in [6.07, 6.45) is 0.405. The van der Waals surface area contributed by atoms with Gasteiger partial charge in [-0.3, -0.25) is 9.69 Å². The van der Waals surface area contributed by atoms with Crippen molar-refractivity contribution in [3.8, 4) is 0 Å². The smallest absolute Gasteiger partial charge is 0.326 e. The van der Waals surface area contributed by atoms with Crippen LogP contribution in [-0.4, -0.2) is 60.6 Å². The van der Waals surface area contributed by atoms with Crippen LogP contribution in [0, 0.1) is 0 Å². The maximum absolute atomic E-state index is 11.5. The fourth-order valence-electron chi connectivity index (χ4n) is 1.65. The van der Waals surface area contributed by atoms with Crippen molar-refractivity contribution < 1.29 is 14.7 Å². The Kier molecular flexibility index (Phi) is 5.21. The van der Waals surface area contributed by atoms with E-state index in [9.17, 15) is 9.59 Å². The maximum Gasteiger partial charge on any atom is 0.326 e. The molecule has 0 aromatic rings. The van der Waals surface area contributed by atoms with Crippen LogP contribution in [-0.2, 0) is 9.59 Å². The van der Waals surface area contributed by atoms with Crippen LogP contribution in [0.15, 0.2) is 0 Å². The highest BCUT2D eigenvalue weighted by molar-refractivity contribution is 5.84. The minimum absolute atomic E-state index is 0.212. The van der Waals surface area contributed by atoms with E-state index < -0.39 is 12.0 Å². The van der Waals surface area contributed by atoms with Crippen molar-refractivity contribution in [2.45, 2.75) is 19.4 Å². The van der Waals surface area contributed by atoms with Crippen LogP contribution < -0.4 is 10.6 Å². The summed E-state index contributed by atoms with van der Waals surface area (Å²) in [5.74, 6) is -1.19. The fraction of sp³-hybridized carbons (Fsp3) is 0.800. The number of hydrogen-bond acceptors (Lipinski definition) is 4. The molecule has 1 amide bonds. The molecule has 0 aromatic carbocycles. The molecule has 1 atom stereocenters. The van der Waals surface area contributed by atoms with Gasteiger partial charge in [-0.25, -0.2) is 4.79 Å². The van der Waals surface area contributed by atoms with Crippen molar-refractivity contribution in [3.63, 3.8) is 0 Å². The second-order valence-corrected chi connectivity index (χ2v) is 3.89. The molecule has 1 fully saturated rings. The number of piperazine rings is 1. The predicted octanol–water partition coefficient (Wildman–Crippen LogP) is -1.13. The van der Waals surface area contributed by atoms with Gasteiger partial charge in [0.05, 0.1) is 6.54 Å². The lowest BCUT2D eigenvalue weighted by atomic mass is 10.2. The summed E-state index contributed by atoms with van der Waals surface area (Å²) in [5, 5.41) is 14.5. The molecular weight excluding hydrogens is 210 g/mol. The number of carbonyl (C=O) groups is 2. The number of nitrogens with one attached hydrogen (secondary N) is 2. The monoisotopic (exact) mass is 229 g/mol. The molecule has 1 aliphatic heterocycles. The van der Waals surface area contributed by atoms with Crippen LogP contribution in [0.3, 0.4) is 0 Å². The minimum Gasteiger partial charge on any atom is -0.480 e. The molecule has 92 valence electrons. The van der Waals surface area contributed by atoms with E-state index in [0.717, 1.165) is 26.2 Å². The Labute approximate surface area is 95.0 Å². The number of aliphatic carboxylic acids is 1. The molecule has 6 nitrogen and oxygen atoms in total. The van der Waals surface area contributed by atoms with E-state index in [1.54, 1.807) is 6.92 Å². The Balaban J connectivity index is 2.31. The standard InChI is InChI=1S/C10H19N3O3/c1-2-8(10(15)16)12-9(14)7-13-5-3-11-4-6-13/h8,11H,2-7H2,1H3,(H,12,14)(H,15,16). The summed E-state index contributed by atoms with van der Waals surface area (Å²) < 4.78 is 0. The largest absolute Gasteiger partial charge is 0.480 e. The number of nitrogens with zero attached hydrogens (tertiary/aromatic N) is 1. The number of carboxylic acids is 1. The van der Waals surface area contributed by atoms with Crippen LogP contribution in [0.1, 0.15) is 13.3 Å². The van der Waals surface area contributed by atoms with Crippen molar-refractivity contribution in [1.82, 2.24) is 15.5 Å². The lowest BCUT2D eigenvalue weighted by Crippen LogP contribution is -2.50. The highest BCUT2D eigenvalue weighted by Gasteiger charge is 2.19. The van der Waals surface area contributed by atoms with E-state index >= 15 is 0 Å². The van der Waals surface area contributed by atoms with E-state index in [-0.39, 0.29) is 12.5 Å². The lowest BCUT2D eigenvalue weighted by Gasteiger charge is -2.26. The lowest BCUT2D eigenvalue weighted by molar-refractivity contribution is -0.142. The van der Waals surface area contributed by atoms with E-state index in [1.807, 2.05) is 4.90 Å². The van der Waals surface area contributed by atoms with E-state index in [0.29, 0.717) is 6.42 Å². The molecule has 16 heavy (non-hydrogen) atoms. The molecule has 0 saturated carbocycles. The molecule has 0 spiro atoms. The third kappa shape index (κ3) is 4.16. The normalized spacial score (nSPS) is 19.1. The summed E-state index contributed by atoms with van der Waals surface area (Å²) in [7, 11) is 0. The van der Waals surface area contributed by atoms with Crippen molar-refractivity contribution in [3.05, 3.63) is 0 Å². The van der Waals surface area contributed by atoms with Gasteiger partial charge in [-0.15, -0.1) is 0 Å². The maximum atomic E-state index is 11.5. The van der Waals surface area contributed by atoms with Gasteiger partial charge in [-0.1, -0.05) is 6.92 Å². The summed E-state index contributed by atoms with van der Waals surface area (Å²) in [6, 6.07) is -0.768. The topological polar surface area (TPSA) is 81.7 Å². The zero-order valence-electron chi connectivity index (χ0n) is 9.53. The average molecular weight is 229 g/mol. The summed E-state index contributed by atoms with van der Waals surface area (Å²) in [6.45, 7) is 5.44. The van der Waals surface area contributed by atoms with Crippen molar-refractivity contribution >= 4 is 11.9 Å². The van der Waals surface area contributed by atoms with E-state index in [4.69, 9.17) is 5.11 Å². The number of rotatable bonds is 5. The van der Waals surface area contributed by atoms with Crippen LogP contribution in [0.25, 0.3) is 0 Å². The van der Waals surface area contributed by atoms with E-state index in [1.165, 1.54) is 0 Å². The van der Waals surface area contributed by atoms with Crippen LogP contribution in [0.2, 0.25) is 0 Å². The molecule has 1 heterocycles. The third-order valence-corrected chi connectivity index (χ3v) is 2.62. The van der Waals surface area contributed by atoms with Gasteiger partial charge in [0.1, 0.15) is 6.04 Å². The first-order chi connectivity index (χ1) is 7.63. The predicted molar refractivity (Wildman–Crippen MR) is 59.2 cm³/mol. The molecule has 1 unspecified atom stereocenters. The van der Waals surface area contributed by atoms with Gasteiger partial charge in [0, 0.05) is 26.2 Å². The summed E-state index contributed by atoms with van der Waals surface area (Å²) in [5.41, 5.74) is 0. The van der Waals surface area contributed by atoms with Crippen molar-refractivity contribution in [2.24, 2.45) is 0 Å². The zero-order chi connectivity index (χ0) is 12.0. The first-order valence-electron chi connectivity index (χ1n) is 5.58. The van der Waals surface area contributed by atoms with Gasteiger partial charge in [0.15, 0.2) is 0 Å². The Morgan fingerprint density at radius 3 is 2.56 bits per heavy atom. The van der Waals surface area contributed by atoms with Gasteiger partial charge in [-0.2, -0.15) is 0 Å². The van der Waals surface area contributed by atoms with Gasteiger partial charge in [-0.05, 0) is 6.42 Å². The Hall–Kier alpha value is -1.14. The van der Waals surface area contributed by atoms with Crippen molar-refractivity contribution in [1.29, 1.82) is 0 Å². The fourth-order valence-corrected chi connectivity index (χ4v) is 1.65. The first kappa shape index (κ1) is 12.9. The van der Waals surface area contributed by atoms with Crippen molar-refractivity contribution in [2.75, 3.05) is 32.7 Å². The Morgan fingerprint density at radius 1 is 1.44 bits per heavy atom. The molecule has 1 rings (SSSR count). The number of carbonyl (C=O) groups excluding carboxylic acids is 1. The second-order valence-electron chi connectivity index (χ2n) is 3.89. The first-order valence-corrected chi connectivity index (χ1v) is 5.58. The Bertz CT molecular complexity index is 252. The molecule has 1 aliphatic rings.